The SMILES string of the molecule is CN(C(=O)CN1CCC(c2nnc(CO)n2C)CC1)c1ccccc1. The Hall–Kier alpha value is -2.25. The Labute approximate surface area is 147 Å². The quantitative estimate of drug-likeness (QED) is 0.881. The Kier molecular flexibility index (Phi) is 5.45. The van der Waals surface area contributed by atoms with Crippen LogP contribution in [0.3, 0.4) is 0 Å². The number of hydrogen-bond acceptors (Lipinski definition) is 5. The van der Waals surface area contributed by atoms with Crippen LogP contribution in [-0.2, 0) is 18.4 Å². The van der Waals surface area contributed by atoms with E-state index in [2.05, 4.69) is 15.1 Å². The van der Waals surface area contributed by atoms with Crippen molar-refractivity contribution in [1.29, 1.82) is 0 Å². The molecule has 1 N–H and O–H groups in total. The van der Waals surface area contributed by atoms with Gasteiger partial charge in [0.05, 0.1) is 6.54 Å². The van der Waals surface area contributed by atoms with Gasteiger partial charge < -0.3 is 14.6 Å². The highest BCUT2D eigenvalue weighted by Crippen LogP contribution is 2.26. The predicted molar refractivity (Wildman–Crippen MR) is 95.2 cm³/mol. The molecule has 1 aliphatic rings. The van der Waals surface area contributed by atoms with Gasteiger partial charge in [-0.3, -0.25) is 9.69 Å². The van der Waals surface area contributed by atoms with Crippen molar-refractivity contribution in [2.24, 2.45) is 7.05 Å². The van der Waals surface area contributed by atoms with Crippen LogP contribution in [0.4, 0.5) is 5.69 Å². The summed E-state index contributed by atoms with van der Waals surface area (Å²) >= 11 is 0. The molecule has 1 aromatic heterocycles. The Morgan fingerprint density at radius 1 is 1.24 bits per heavy atom. The van der Waals surface area contributed by atoms with Crippen molar-refractivity contribution in [2.45, 2.75) is 25.4 Å². The van der Waals surface area contributed by atoms with Gasteiger partial charge >= 0.3 is 0 Å². The molecule has 25 heavy (non-hydrogen) atoms. The summed E-state index contributed by atoms with van der Waals surface area (Å²) in [5.41, 5.74) is 0.915. The highest BCUT2D eigenvalue weighted by atomic mass is 16.3. The van der Waals surface area contributed by atoms with Crippen LogP contribution in [0.5, 0.6) is 0 Å². The van der Waals surface area contributed by atoms with E-state index in [1.54, 1.807) is 4.90 Å². The van der Waals surface area contributed by atoms with E-state index in [1.807, 2.05) is 49.0 Å². The normalized spacial score (nSPS) is 16.1. The maximum Gasteiger partial charge on any atom is 0.240 e. The highest BCUT2D eigenvalue weighted by molar-refractivity contribution is 5.94. The fourth-order valence-corrected chi connectivity index (χ4v) is 3.31. The lowest BCUT2D eigenvalue weighted by Crippen LogP contribution is -2.42. The number of carbonyl (C=O) groups excluding carboxylic acids is 1. The van der Waals surface area contributed by atoms with Crippen LogP contribution in [0, 0.1) is 0 Å². The zero-order valence-electron chi connectivity index (χ0n) is 14.8. The molecule has 0 spiro atoms. The standard InChI is InChI=1S/C18H25N5O2/c1-21(15-6-4-3-5-7-15)17(25)12-23-10-8-14(9-11-23)18-20-19-16(13-24)22(18)2/h3-7,14,24H,8-13H2,1-2H3. The second kappa shape index (κ2) is 7.76. The fourth-order valence-electron chi connectivity index (χ4n) is 3.31. The maximum atomic E-state index is 12.5. The number of anilines is 1. The number of hydrogen-bond donors (Lipinski definition) is 1. The number of aromatic nitrogens is 3. The third kappa shape index (κ3) is 3.88. The van der Waals surface area contributed by atoms with Crippen molar-refractivity contribution < 1.29 is 9.90 Å². The molecular weight excluding hydrogens is 318 g/mol. The Morgan fingerprint density at radius 2 is 1.92 bits per heavy atom. The molecule has 1 aromatic carbocycles. The minimum absolute atomic E-state index is 0.0946. The summed E-state index contributed by atoms with van der Waals surface area (Å²) in [6.45, 7) is 2.06. The molecule has 1 amide bonds. The molecule has 1 saturated heterocycles. The third-order valence-electron chi connectivity index (χ3n) is 4.97. The molecule has 0 radical (unpaired) electrons. The number of piperidine rings is 1. The summed E-state index contributed by atoms with van der Waals surface area (Å²) < 4.78 is 1.88. The molecule has 0 aliphatic carbocycles. The van der Waals surface area contributed by atoms with Gasteiger partial charge in [0.1, 0.15) is 12.4 Å². The average molecular weight is 343 g/mol. The maximum absolute atomic E-state index is 12.5. The van der Waals surface area contributed by atoms with Gasteiger partial charge in [-0.25, -0.2) is 0 Å². The highest BCUT2D eigenvalue weighted by Gasteiger charge is 2.26. The Balaban J connectivity index is 1.54. The molecule has 0 saturated carbocycles. The second-order valence-electron chi connectivity index (χ2n) is 6.53. The first-order valence-corrected chi connectivity index (χ1v) is 8.63. The van der Waals surface area contributed by atoms with Gasteiger partial charge in [0.15, 0.2) is 5.82 Å². The zero-order chi connectivity index (χ0) is 17.8. The Bertz CT molecular complexity index is 708. The van der Waals surface area contributed by atoms with Crippen LogP contribution in [0.15, 0.2) is 30.3 Å². The number of para-hydroxylation sites is 1. The fraction of sp³-hybridized carbons (Fsp3) is 0.500. The number of aliphatic hydroxyl groups is 1. The number of likely N-dealkylation sites (N-methyl/N-ethyl adjacent to an activating group) is 1. The number of amides is 1. The van der Waals surface area contributed by atoms with E-state index in [0.29, 0.717) is 18.3 Å². The molecule has 134 valence electrons. The monoisotopic (exact) mass is 343 g/mol. The van der Waals surface area contributed by atoms with Gasteiger partial charge in [-0.15, -0.1) is 10.2 Å². The van der Waals surface area contributed by atoms with Gasteiger partial charge in [0.2, 0.25) is 5.91 Å². The number of aliphatic hydroxyl groups excluding tert-OH is 1. The molecule has 1 aliphatic heterocycles. The van der Waals surface area contributed by atoms with Gasteiger partial charge in [0, 0.05) is 25.7 Å². The van der Waals surface area contributed by atoms with E-state index in [-0.39, 0.29) is 12.5 Å². The lowest BCUT2D eigenvalue weighted by Gasteiger charge is -2.32. The third-order valence-corrected chi connectivity index (χ3v) is 4.97. The summed E-state index contributed by atoms with van der Waals surface area (Å²) in [5.74, 6) is 1.95. The smallest absolute Gasteiger partial charge is 0.240 e. The average Bonchev–Trinajstić information content (AvgIpc) is 3.03. The van der Waals surface area contributed by atoms with Gasteiger partial charge in [-0.2, -0.15) is 0 Å². The zero-order valence-corrected chi connectivity index (χ0v) is 14.8. The van der Waals surface area contributed by atoms with E-state index >= 15 is 0 Å². The molecular formula is C18H25N5O2. The molecule has 7 heteroatoms. The van der Waals surface area contributed by atoms with Crippen LogP contribution < -0.4 is 4.90 Å². The summed E-state index contributed by atoms with van der Waals surface area (Å²) in [6, 6.07) is 9.70. The summed E-state index contributed by atoms with van der Waals surface area (Å²) in [7, 11) is 3.71. The first kappa shape index (κ1) is 17.6. The van der Waals surface area contributed by atoms with Crippen LogP contribution in [0.25, 0.3) is 0 Å². The lowest BCUT2D eigenvalue weighted by molar-refractivity contribution is -0.119. The topological polar surface area (TPSA) is 74.5 Å². The van der Waals surface area contributed by atoms with Gasteiger partial charge in [-0.05, 0) is 38.1 Å². The van der Waals surface area contributed by atoms with E-state index in [9.17, 15) is 9.90 Å². The Morgan fingerprint density at radius 3 is 2.52 bits per heavy atom. The van der Waals surface area contributed by atoms with Crippen LogP contribution in [0.1, 0.15) is 30.4 Å². The molecule has 7 nitrogen and oxygen atoms in total. The van der Waals surface area contributed by atoms with E-state index in [1.165, 1.54) is 0 Å². The molecule has 0 unspecified atom stereocenters. The minimum Gasteiger partial charge on any atom is -0.388 e. The van der Waals surface area contributed by atoms with Crippen LogP contribution in [0.2, 0.25) is 0 Å². The van der Waals surface area contributed by atoms with Crippen molar-refractivity contribution in [3.8, 4) is 0 Å². The van der Waals surface area contributed by atoms with Crippen LogP contribution in [-0.4, -0.2) is 57.4 Å². The van der Waals surface area contributed by atoms with E-state index in [4.69, 9.17) is 0 Å². The predicted octanol–water partition coefficient (Wildman–Crippen LogP) is 1.15. The summed E-state index contributed by atoms with van der Waals surface area (Å²) in [6.07, 6.45) is 1.89. The summed E-state index contributed by atoms with van der Waals surface area (Å²) in [4.78, 5) is 16.4. The van der Waals surface area contributed by atoms with Gasteiger partial charge in [0.25, 0.3) is 0 Å². The lowest BCUT2D eigenvalue weighted by atomic mass is 9.96. The van der Waals surface area contributed by atoms with Gasteiger partial charge in [-0.1, -0.05) is 18.2 Å². The van der Waals surface area contributed by atoms with Crippen molar-refractivity contribution in [3.63, 3.8) is 0 Å². The molecule has 2 heterocycles. The largest absolute Gasteiger partial charge is 0.388 e. The number of benzene rings is 1. The molecule has 1 fully saturated rings. The van der Waals surface area contributed by atoms with Crippen LogP contribution >= 0.6 is 0 Å². The first-order chi connectivity index (χ1) is 12.1. The number of rotatable bonds is 5. The van der Waals surface area contributed by atoms with E-state index in [0.717, 1.165) is 37.4 Å². The van der Waals surface area contributed by atoms with Crippen molar-refractivity contribution in [3.05, 3.63) is 42.0 Å². The second-order valence-corrected chi connectivity index (χ2v) is 6.53. The number of nitrogens with zero attached hydrogens (tertiary/aromatic N) is 5. The first-order valence-electron chi connectivity index (χ1n) is 8.63. The van der Waals surface area contributed by atoms with Crippen molar-refractivity contribution >= 4 is 11.6 Å². The van der Waals surface area contributed by atoms with Crippen molar-refractivity contribution in [1.82, 2.24) is 19.7 Å². The molecule has 2 aromatic rings. The van der Waals surface area contributed by atoms with Crippen molar-refractivity contribution in [2.75, 3.05) is 31.6 Å². The summed E-state index contributed by atoms with van der Waals surface area (Å²) in [5, 5.41) is 17.5. The van der Waals surface area contributed by atoms with E-state index < -0.39 is 0 Å². The number of likely N-dealkylation sites (tertiary alicyclic amines) is 1. The number of carbonyl (C=O) groups is 1. The molecule has 3 rings (SSSR count). The molecule has 0 bridgehead atoms. The molecule has 0 atom stereocenters. The minimum atomic E-state index is -0.0946.